The predicted molar refractivity (Wildman–Crippen MR) is 115 cm³/mol. The van der Waals surface area contributed by atoms with Gasteiger partial charge in [0.15, 0.2) is 5.96 Å². The summed E-state index contributed by atoms with van der Waals surface area (Å²) in [7, 11) is 3.22. The van der Waals surface area contributed by atoms with Crippen molar-refractivity contribution in [2.45, 2.75) is 52.0 Å². The molecule has 6 heteroatoms. The monoisotopic (exact) mass is 461 g/mol. The SMILES string of the molecule is CCc1ccccc1CNC(=NC)NCCCCCCC(=O)OC.I. The van der Waals surface area contributed by atoms with Crippen LogP contribution in [-0.2, 0) is 22.5 Å². The van der Waals surface area contributed by atoms with E-state index in [1.54, 1.807) is 7.05 Å². The molecule has 0 radical (unpaired) electrons. The zero-order valence-electron chi connectivity index (χ0n) is 15.6. The molecule has 0 fully saturated rings. The summed E-state index contributed by atoms with van der Waals surface area (Å²) in [5.74, 6) is 0.709. The van der Waals surface area contributed by atoms with Crippen LogP contribution in [0.3, 0.4) is 0 Å². The minimum atomic E-state index is -0.120. The van der Waals surface area contributed by atoms with E-state index < -0.39 is 0 Å². The van der Waals surface area contributed by atoms with Gasteiger partial charge in [-0.05, 0) is 30.4 Å². The molecule has 0 saturated carbocycles. The molecule has 0 atom stereocenters. The first-order valence-electron chi connectivity index (χ1n) is 8.79. The Morgan fingerprint density at radius 1 is 1.08 bits per heavy atom. The average molecular weight is 461 g/mol. The van der Waals surface area contributed by atoms with E-state index in [1.165, 1.54) is 18.2 Å². The lowest BCUT2D eigenvalue weighted by Crippen LogP contribution is -2.37. The maximum absolute atomic E-state index is 11.0. The number of unbranched alkanes of at least 4 members (excludes halogenated alkanes) is 3. The highest BCUT2D eigenvalue weighted by atomic mass is 127. The highest BCUT2D eigenvalue weighted by molar-refractivity contribution is 14.0. The van der Waals surface area contributed by atoms with Gasteiger partial charge in [0.05, 0.1) is 7.11 Å². The van der Waals surface area contributed by atoms with Gasteiger partial charge in [0, 0.05) is 26.6 Å². The number of benzene rings is 1. The van der Waals surface area contributed by atoms with Gasteiger partial charge in [0.2, 0.25) is 0 Å². The van der Waals surface area contributed by atoms with Gasteiger partial charge in [-0.2, -0.15) is 0 Å². The molecule has 2 N–H and O–H groups in total. The van der Waals surface area contributed by atoms with Gasteiger partial charge < -0.3 is 15.4 Å². The van der Waals surface area contributed by atoms with E-state index in [4.69, 9.17) is 0 Å². The molecule has 1 aromatic carbocycles. The van der Waals surface area contributed by atoms with Gasteiger partial charge in [0.25, 0.3) is 0 Å². The van der Waals surface area contributed by atoms with Crippen LogP contribution >= 0.6 is 24.0 Å². The van der Waals surface area contributed by atoms with E-state index in [0.717, 1.165) is 51.2 Å². The highest BCUT2D eigenvalue weighted by Crippen LogP contribution is 2.08. The zero-order chi connectivity index (χ0) is 17.6. The number of rotatable bonds is 10. The number of ether oxygens (including phenoxy) is 1. The first kappa shape index (κ1) is 23.7. The van der Waals surface area contributed by atoms with Gasteiger partial charge in [0.1, 0.15) is 0 Å². The molecule has 0 heterocycles. The van der Waals surface area contributed by atoms with Crippen LogP contribution < -0.4 is 10.6 Å². The number of aryl methyl sites for hydroxylation is 1. The number of aliphatic imine (C=N–C) groups is 1. The van der Waals surface area contributed by atoms with E-state index >= 15 is 0 Å². The van der Waals surface area contributed by atoms with Crippen molar-refractivity contribution in [3.05, 3.63) is 35.4 Å². The number of carbonyl (C=O) groups is 1. The first-order valence-corrected chi connectivity index (χ1v) is 8.79. The number of nitrogens with zero attached hydrogens (tertiary/aromatic N) is 1. The van der Waals surface area contributed by atoms with Crippen LogP contribution in [0, 0.1) is 0 Å². The van der Waals surface area contributed by atoms with E-state index in [9.17, 15) is 4.79 Å². The minimum absolute atomic E-state index is 0. The second-order valence-corrected chi connectivity index (χ2v) is 5.72. The van der Waals surface area contributed by atoms with Crippen LogP contribution in [0.5, 0.6) is 0 Å². The minimum Gasteiger partial charge on any atom is -0.469 e. The summed E-state index contributed by atoms with van der Waals surface area (Å²) in [6.07, 6.45) is 5.66. The summed E-state index contributed by atoms with van der Waals surface area (Å²) in [5, 5.41) is 6.70. The number of nitrogens with one attached hydrogen (secondary N) is 2. The zero-order valence-corrected chi connectivity index (χ0v) is 18.0. The molecule has 0 unspecified atom stereocenters. The van der Waals surface area contributed by atoms with Gasteiger partial charge in [-0.25, -0.2) is 0 Å². The Hall–Kier alpha value is -1.31. The average Bonchev–Trinajstić information content (AvgIpc) is 2.63. The van der Waals surface area contributed by atoms with Crippen molar-refractivity contribution in [1.29, 1.82) is 0 Å². The van der Waals surface area contributed by atoms with Gasteiger partial charge in [-0.15, -0.1) is 24.0 Å². The summed E-state index contributed by atoms with van der Waals surface area (Å²) in [5.41, 5.74) is 2.68. The molecule has 0 aliphatic heterocycles. The Morgan fingerprint density at radius 3 is 2.40 bits per heavy atom. The molecule has 0 aliphatic rings. The fraction of sp³-hybridized carbons (Fsp3) is 0.579. The summed E-state index contributed by atoms with van der Waals surface area (Å²) in [4.78, 5) is 15.3. The molecule has 1 aromatic rings. The van der Waals surface area contributed by atoms with Crippen molar-refractivity contribution in [1.82, 2.24) is 10.6 Å². The summed E-state index contributed by atoms with van der Waals surface area (Å²) in [6.45, 7) is 3.84. The molecular formula is C19H32IN3O2. The fourth-order valence-electron chi connectivity index (χ4n) is 2.53. The van der Waals surface area contributed by atoms with Crippen LogP contribution in [0.25, 0.3) is 0 Å². The largest absolute Gasteiger partial charge is 0.469 e. The molecule has 5 nitrogen and oxygen atoms in total. The third kappa shape index (κ3) is 10.3. The number of guanidine groups is 1. The molecule has 0 aliphatic carbocycles. The van der Waals surface area contributed by atoms with Crippen molar-refractivity contribution in [2.24, 2.45) is 4.99 Å². The van der Waals surface area contributed by atoms with Gasteiger partial charge in [-0.3, -0.25) is 9.79 Å². The van der Waals surface area contributed by atoms with Crippen molar-refractivity contribution >= 4 is 35.9 Å². The second kappa shape index (κ2) is 15.0. The summed E-state index contributed by atoms with van der Waals surface area (Å²) >= 11 is 0. The Balaban J connectivity index is 0.00000576. The summed E-state index contributed by atoms with van der Waals surface area (Å²) in [6, 6.07) is 8.47. The Labute approximate surface area is 169 Å². The normalized spacial score (nSPS) is 10.8. The van der Waals surface area contributed by atoms with Crippen molar-refractivity contribution in [3.8, 4) is 0 Å². The number of methoxy groups -OCH3 is 1. The Morgan fingerprint density at radius 2 is 1.76 bits per heavy atom. The van der Waals surface area contributed by atoms with Crippen LogP contribution in [0.4, 0.5) is 0 Å². The van der Waals surface area contributed by atoms with Crippen LogP contribution in [0.15, 0.2) is 29.3 Å². The van der Waals surface area contributed by atoms with Crippen LogP contribution in [0.1, 0.15) is 50.2 Å². The fourth-order valence-corrected chi connectivity index (χ4v) is 2.53. The molecule has 0 spiro atoms. The topological polar surface area (TPSA) is 62.7 Å². The van der Waals surface area contributed by atoms with Crippen molar-refractivity contribution in [2.75, 3.05) is 20.7 Å². The Bertz CT molecular complexity index is 521. The second-order valence-electron chi connectivity index (χ2n) is 5.72. The third-order valence-electron chi connectivity index (χ3n) is 4.00. The lowest BCUT2D eigenvalue weighted by molar-refractivity contribution is -0.140. The number of hydrogen-bond acceptors (Lipinski definition) is 3. The number of hydrogen-bond donors (Lipinski definition) is 2. The lowest BCUT2D eigenvalue weighted by Gasteiger charge is -2.13. The smallest absolute Gasteiger partial charge is 0.305 e. The maximum Gasteiger partial charge on any atom is 0.305 e. The molecular weight excluding hydrogens is 429 g/mol. The highest BCUT2D eigenvalue weighted by Gasteiger charge is 2.02. The lowest BCUT2D eigenvalue weighted by atomic mass is 10.1. The van der Waals surface area contributed by atoms with Crippen molar-refractivity contribution < 1.29 is 9.53 Å². The van der Waals surface area contributed by atoms with E-state index in [-0.39, 0.29) is 29.9 Å². The molecule has 0 amide bonds. The van der Waals surface area contributed by atoms with Crippen LogP contribution in [0.2, 0.25) is 0 Å². The molecule has 0 bridgehead atoms. The summed E-state index contributed by atoms with van der Waals surface area (Å²) < 4.78 is 4.63. The molecule has 0 aromatic heterocycles. The van der Waals surface area contributed by atoms with Gasteiger partial charge >= 0.3 is 5.97 Å². The van der Waals surface area contributed by atoms with Crippen molar-refractivity contribution in [3.63, 3.8) is 0 Å². The number of halogens is 1. The quantitative estimate of drug-likeness (QED) is 0.184. The van der Waals surface area contributed by atoms with E-state index in [2.05, 4.69) is 51.6 Å². The standard InChI is InChI=1S/C19H31N3O2.HI/c1-4-16-11-8-9-12-17(16)15-22-19(20-2)21-14-10-6-5-7-13-18(23)24-3;/h8-9,11-12H,4-7,10,13-15H2,1-3H3,(H2,20,21,22);1H. The first-order chi connectivity index (χ1) is 11.7. The predicted octanol–water partition coefficient (Wildman–Crippen LogP) is 3.66. The third-order valence-corrected chi connectivity index (χ3v) is 4.00. The van der Waals surface area contributed by atoms with Gasteiger partial charge in [-0.1, -0.05) is 44.0 Å². The molecule has 0 saturated heterocycles. The Kier molecular flexibility index (Phi) is 14.2. The maximum atomic E-state index is 11.0. The van der Waals surface area contributed by atoms with E-state index in [0.29, 0.717) is 6.42 Å². The molecule has 25 heavy (non-hydrogen) atoms. The molecule has 142 valence electrons. The number of esters is 1. The number of carbonyl (C=O) groups excluding carboxylic acids is 1. The molecule has 1 rings (SSSR count). The van der Waals surface area contributed by atoms with E-state index in [1.807, 2.05) is 0 Å². The van der Waals surface area contributed by atoms with Crippen LogP contribution in [-0.4, -0.2) is 32.6 Å².